The van der Waals surface area contributed by atoms with Crippen molar-refractivity contribution in [3.8, 4) is 11.3 Å². The molecule has 10 nitrogen and oxygen atoms in total. The van der Waals surface area contributed by atoms with E-state index < -0.39 is 0 Å². The third-order valence-electron chi connectivity index (χ3n) is 6.28. The number of nitrogens with two attached hydrogens (primary N) is 1. The molecule has 3 N–H and O–H groups in total. The SMILES string of the molecule is N/C(=N\O)c1ccc(-c2cnc(N3CCOCC3)c3nc(C=Cc4ccc5ccccc5n4)cn23)cn1. The fraction of sp³-hybridized carbons (Fsp3) is 0.148. The Balaban J connectivity index is 1.41. The van der Waals surface area contributed by atoms with Crippen molar-refractivity contribution >= 4 is 40.4 Å². The molecule has 1 aliphatic rings. The molecule has 0 spiro atoms. The lowest BCUT2D eigenvalue weighted by molar-refractivity contribution is 0.122. The summed E-state index contributed by atoms with van der Waals surface area (Å²) in [4.78, 5) is 20.9. The summed E-state index contributed by atoms with van der Waals surface area (Å²) in [6.07, 6.45) is 9.38. The van der Waals surface area contributed by atoms with Crippen molar-refractivity contribution < 1.29 is 9.94 Å². The van der Waals surface area contributed by atoms with Gasteiger partial charge in [-0.3, -0.25) is 9.38 Å². The van der Waals surface area contributed by atoms with Crippen LogP contribution in [-0.2, 0) is 4.74 Å². The predicted octanol–water partition coefficient (Wildman–Crippen LogP) is 3.44. The van der Waals surface area contributed by atoms with Crippen molar-refractivity contribution in [2.24, 2.45) is 10.9 Å². The van der Waals surface area contributed by atoms with Gasteiger partial charge in [0.2, 0.25) is 0 Å². The van der Waals surface area contributed by atoms with Crippen LogP contribution in [0.2, 0.25) is 0 Å². The molecule has 0 saturated carbocycles. The first-order valence-electron chi connectivity index (χ1n) is 11.9. The van der Waals surface area contributed by atoms with Crippen LogP contribution in [0.1, 0.15) is 17.1 Å². The van der Waals surface area contributed by atoms with Gasteiger partial charge in [-0.2, -0.15) is 0 Å². The summed E-state index contributed by atoms with van der Waals surface area (Å²) < 4.78 is 7.55. The average Bonchev–Trinajstić information content (AvgIpc) is 3.40. The normalized spacial score (nSPS) is 14.7. The maximum atomic E-state index is 8.93. The summed E-state index contributed by atoms with van der Waals surface area (Å²) >= 11 is 0. The zero-order chi connectivity index (χ0) is 25.2. The lowest BCUT2D eigenvalue weighted by atomic mass is 10.2. The number of hydrogen-bond donors (Lipinski definition) is 2. The average molecular weight is 493 g/mol. The molecule has 37 heavy (non-hydrogen) atoms. The van der Waals surface area contributed by atoms with Crippen LogP contribution in [0.15, 0.2) is 72.3 Å². The fourth-order valence-corrected chi connectivity index (χ4v) is 4.37. The first-order chi connectivity index (χ1) is 18.2. The molecule has 6 rings (SSSR count). The molecule has 0 amide bonds. The maximum Gasteiger partial charge on any atom is 0.188 e. The minimum Gasteiger partial charge on any atom is -0.409 e. The lowest BCUT2D eigenvalue weighted by Crippen LogP contribution is -2.37. The van der Waals surface area contributed by atoms with Gasteiger partial charge in [0.25, 0.3) is 0 Å². The first kappa shape index (κ1) is 22.6. The number of morpholine rings is 1. The van der Waals surface area contributed by atoms with Gasteiger partial charge >= 0.3 is 0 Å². The standard InChI is InChI=1S/C27H24N8O2/c28-25(33-36)23-10-6-19(15-29-23)24-16-30-26(34-11-13-37-14-12-34)27-32-21(17-35(24)27)9-8-20-7-5-18-3-1-2-4-22(18)31-20/h1-10,15-17,36H,11-14H2,(H2,28,33). The molecule has 1 aromatic carbocycles. The molecule has 0 aliphatic carbocycles. The molecule has 0 bridgehead atoms. The molecule has 1 fully saturated rings. The van der Waals surface area contributed by atoms with E-state index in [9.17, 15) is 0 Å². The van der Waals surface area contributed by atoms with Crippen LogP contribution < -0.4 is 10.6 Å². The highest BCUT2D eigenvalue weighted by atomic mass is 16.5. The molecule has 4 aromatic heterocycles. The third-order valence-corrected chi connectivity index (χ3v) is 6.28. The monoisotopic (exact) mass is 492 g/mol. The van der Waals surface area contributed by atoms with Crippen molar-refractivity contribution in [2.75, 3.05) is 31.2 Å². The molecule has 0 atom stereocenters. The summed E-state index contributed by atoms with van der Waals surface area (Å²) in [7, 11) is 0. The van der Waals surface area contributed by atoms with Crippen molar-refractivity contribution in [2.45, 2.75) is 0 Å². The summed E-state index contributed by atoms with van der Waals surface area (Å²) in [6, 6.07) is 15.7. The van der Waals surface area contributed by atoms with Crippen molar-refractivity contribution in [3.05, 3.63) is 84.2 Å². The highest BCUT2D eigenvalue weighted by Crippen LogP contribution is 2.27. The second kappa shape index (κ2) is 9.67. The smallest absolute Gasteiger partial charge is 0.188 e. The van der Waals surface area contributed by atoms with Crippen molar-refractivity contribution in [1.82, 2.24) is 24.3 Å². The van der Waals surface area contributed by atoms with Crippen molar-refractivity contribution in [3.63, 3.8) is 0 Å². The molecule has 5 aromatic rings. The molecule has 10 heteroatoms. The van der Waals surface area contributed by atoms with Crippen LogP contribution in [0.4, 0.5) is 5.82 Å². The van der Waals surface area contributed by atoms with Gasteiger partial charge in [-0.05, 0) is 36.4 Å². The lowest BCUT2D eigenvalue weighted by Gasteiger charge is -2.28. The molecule has 0 radical (unpaired) electrons. The quantitative estimate of drug-likeness (QED) is 0.165. The van der Waals surface area contributed by atoms with E-state index in [0.29, 0.717) is 18.9 Å². The molecule has 0 unspecified atom stereocenters. The molecule has 5 heterocycles. The zero-order valence-corrected chi connectivity index (χ0v) is 19.9. The van der Waals surface area contributed by atoms with Gasteiger partial charge in [-0.25, -0.2) is 15.0 Å². The topological polar surface area (TPSA) is 127 Å². The largest absolute Gasteiger partial charge is 0.409 e. The number of para-hydroxylation sites is 1. The highest BCUT2D eigenvalue weighted by Gasteiger charge is 2.19. The number of ether oxygens (including phenoxy) is 1. The van der Waals surface area contributed by atoms with Crippen LogP contribution in [0.25, 0.3) is 40.0 Å². The molecular weight excluding hydrogens is 468 g/mol. The Hall–Kier alpha value is -4.83. The maximum absolute atomic E-state index is 8.93. The Kier molecular flexibility index (Phi) is 5.91. The first-order valence-corrected chi connectivity index (χ1v) is 11.9. The van der Waals surface area contributed by atoms with E-state index in [-0.39, 0.29) is 5.84 Å². The van der Waals surface area contributed by atoms with Gasteiger partial charge in [0, 0.05) is 36.4 Å². The fourth-order valence-electron chi connectivity index (χ4n) is 4.37. The number of anilines is 1. The number of fused-ring (bicyclic) bond motifs is 2. The Morgan fingerprint density at radius 2 is 1.78 bits per heavy atom. The summed E-state index contributed by atoms with van der Waals surface area (Å²) in [5, 5.41) is 13.1. The number of benzene rings is 1. The zero-order valence-electron chi connectivity index (χ0n) is 19.9. The molecular formula is C27H24N8O2. The number of nitrogens with zero attached hydrogens (tertiary/aromatic N) is 7. The van der Waals surface area contributed by atoms with Crippen LogP contribution in [0.3, 0.4) is 0 Å². The van der Waals surface area contributed by atoms with Crippen LogP contribution >= 0.6 is 0 Å². The Labute approximate surface area is 212 Å². The number of oxime groups is 1. The minimum absolute atomic E-state index is 0.0464. The van der Waals surface area contributed by atoms with Crippen LogP contribution in [-0.4, -0.2) is 61.7 Å². The Morgan fingerprint density at radius 1 is 0.946 bits per heavy atom. The van der Waals surface area contributed by atoms with Gasteiger partial charge in [0.05, 0.1) is 42.0 Å². The number of rotatable bonds is 5. The van der Waals surface area contributed by atoms with Gasteiger partial charge < -0.3 is 20.6 Å². The Bertz CT molecular complexity index is 1640. The summed E-state index contributed by atoms with van der Waals surface area (Å²) in [5.41, 5.74) is 11.0. The predicted molar refractivity (Wildman–Crippen MR) is 142 cm³/mol. The van der Waals surface area contributed by atoms with E-state index in [4.69, 9.17) is 30.6 Å². The van der Waals surface area contributed by atoms with E-state index in [1.165, 1.54) is 0 Å². The number of aromatic nitrogens is 5. The second-order valence-corrected chi connectivity index (χ2v) is 8.61. The summed E-state index contributed by atoms with van der Waals surface area (Å²) in [6.45, 7) is 2.79. The van der Waals surface area contributed by atoms with E-state index in [2.05, 4.69) is 21.1 Å². The van der Waals surface area contributed by atoms with Gasteiger partial charge in [-0.15, -0.1) is 0 Å². The van der Waals surface area contributed by atoms with E-state index in [0.717, 1.165) is 58.1 Å². The highest BCUT2D eigenvalue weighted by molar-refractivity contribution is 5.95. The van der Waals surface area contributed by atoms with Gasteiger partial charge in [0.15, 0.2) is 17.3 Å². The second-order valence-electron chi connectivity index (χ2n) is 8.61. The van der Waals surface area contributed by atoms with E-state index >= 15 is 0 Å². The molecule has 1 saturated heterocycles. The van der Waals surface area contributed by atoms with Crippen molar-refractivity contribution in [1.29, 1.82) is 0 Å². The molecule has 1 aliphatic heterocycles. The van der Waals surface area contributed by atoms with E-state index in [1.54, 1.807) is 12.3 Å². The van der Waals surface area contributed by atoms with Crippen LogP contribution in [0, 0.1) is 0 Å². The van der Waals surface area contributed by atoms with Gasteiger partial charge in [-0.1, -0.05) is 29.4 Å². The minimum atomic E-state index is -0.0464. The number of imidazole rings is 1. The number of pyridine rings is 2. The number of amidine groups is 1. The summed E-state index contributed by atoms with van der Waals surface area (Å²) in [5.74, 6) is 0.756. The van der Waals surface area contributed by atoms with E-state index in [1.807, 2.05) is 65.3 Å². The molecule has 184 valence electrons. The Morgan fingerprint density at radius 3 is 2.59 bits per heavy atom. The van der Waals surface area contributed by atoms with Gasteiger partial charge in [0.1, 0.15) is 5.69 Å². The third kappa shape index (κ3) is 4.45. The number of hydrogen-bond acceptors (Lipinski definition) is 8. The van der Waals surface area contributed by atoms with Crippen LogP contribution in [0.5, 0.6) is 0 Å².